The van der Waals surface area contributed by atoms with E-state index in [-0.39, 0.29) is 12.0 Å². The van der Waals surface area contributed by atoms with Crippen LogP contribution >= 0.6 is 22.9 Å². The maximum Gasteiger partial charge on any atom is 0.302 e. The van der Waals surface area contributed by atoms with Gasteiger partial charge >= 0.3 is 5.97 Å². The third-order valence-corrected chi connectivity index (χ3v) is 5.33. The van der Waals surface area contributed by atoms with Gasteiger partial charge in [-0.15, -0.1) is 0 Å². The molecule has 8 heteroatoms. The molecule has 2 aromatic carbocycles. The molecule has 1 atom stereocenters. The number of Topliss-reactive ketones (excluding diaryl/α,β-unsaturated/α-hetero) is 1. The van der Waals surface area contributed by atoms with Crippen molar-refractivity contribution in [2.45, 2.75) is 13.0 Å². The molecule has 0 saturated carbocycles. The summed E-state index contributed by atoms with van der Waals surface area (Å²) >= 11 is 7.10. The first-order chi connectivity index (χ1) is 13.3. The second-order valence-electron chi connectivity index (χ2n) is 6.08. The Morgan fingerprint density at radius 1 is 1.25 bits per heavy atom. The number of halogens is 1. The molecule has 0 fully saturated rings. The summed E-state index contributed by atoms with van der Waals surface area (Å²) in [6, 6.07) is 11.1. The van der Waals surface area contributed by atoms with Crippen molar-refractivity contribution < 1.29 is 19.4 Å². The lowest BCUT2D eigenvalue weighted by Gasteiger charge is -2.13. The molecule has 0 bridgehead atoms. The highest BCUT2D eigenvalue weighted by Crippen LogP contribution is 2.37. The Labute approximate surface area is 169 Å². The van der Waals surface area contributed by atoms with Crippen LogP contribution in [0, 0.1) is 0 Å². The second kappa shape index (κ2) is 8.10. The molecule has 0 radical (unpaired) electrons. The van der Waals surface area contributed by atoms with Crippen molar-refractivity contribution in [3.63, 3.8) is 0 Å². The zero-order valence-corrected chi connectivity index (χ0v) is 16.3. The van der Waals surface area contributed by atoms with Gasteiger partial charge < -0.3 is 15.6 Å². The Morgan fingerprint density at radius 3 is 2.57 bits per heavy atom. The number of ether oxygens (including phenoxy) is 1. The molecule has 1 unspecified atom stereocenters. The minimum atomic E-state index is -1.26. The van der Waals surface area contributed by atoms with Crippen LogP contribution in [0.25, 0.3) is 21.2 Å². The lowest BCUT2D eigenvalue weighted by atomic mass is 10.0. The van der Waals surface area contributed by atoms with Crippen LogP contribution in [0.1, 0.15) is 17.3 Å². The molecular formula is C20H16ClNO5S. The molecule has 28 heavy (non-hydrogen) atoms. The lowest BCUT2D eigenvalue weighted by Crippen LogP contribution is -2.38. The van der Waals surface area contributed by atoms with Gasteiger partial charge in [-0.3, -0.25) is 14.4 Å². The largest absolute Gasteiger partial charge is 0.499 e. The average Bonchev–Trinajstić information content (AvgIpc) is 2.66. The summed E-state index contributed by atoms with van der Waals surface area (Å²) in [4.78, 5) is 36.5. The van der Waals surface area contributed by atoms with Crippen LogP contribution in [-0.4, -0.2) is 29.5 Å². The number of rotatable bonds is 5. The Morgan fingerprint density at radius 2 is 1.93 bits per heavy atom. The third-order valence-electron chi connectivity index (χ3n) is 4.07. The standard InChI is InChI=1S/C20H16ClNO5S/c1-10(23)27-9-15(22)18(25)16-17(24)14-8-12(21)7-13(19(14)28-20(16)26)11-5-3-2-4-6-11/h2-8,15,26H,9,22H2,1H3. The van der Waals surface area contributed by atoms with Crippen molar-refractivity contribution in [2.24, 2.45) is 5.73 Å². The number of carbonyl (C=O) groups is 2. The summed E-state index contributed by atoms with van der Waals surface area (Å²) in [5.74, 6) is -1.40. The van der Waals surface area contributed by atoms with Gasteiger partial charge in [-0.05, 0) is 17.7 Å². The molecule has 1 aromatic heterocycles. The summed E-state index contributed by atoms with van der Waals surface area (Å²) in [6.07, 6.45) is 0. The number of esters is 1. The first-order valence-corrected chi connectivity index (χ1v) is 9.47. The Bertz CT molecular complexity index is 1130. The topological polar surface area (TPSA) is 107 Å². The van der Waals surface area contributed by atoms with E-state index in [1.165, 1.54) is 13.0 Å². The summed E-state index contributed by atoms with van der Waals surface area (Å²) in [7, 11) is 0. The number of aromatic hydroxyl groups is 1. The van der Waals surface area contributed by atoms with Crippen molar-refractivity contribution in [3.05, 3.63) is 63.3 Å². The SMILES string of the molecule is CC(=O)OCC(N)C(=O)c1c(O)sc2c(-c3ccccc3)cc(Cl)cc2c1=O. The first kappa shape index (κ1) is 20.0. The molecule has 3 N–H and O–H groups in total. The highest BCUT2D eigenvalue weighted by Gasteiger charge is 2.26. The predicted octanol–water partition coefficient (Wildman–Crippen LogP) is 3.36. The highest BCUT2D eigenvalue weighted by molar-refractivity contribution is 7.20. The number of benzene rings is 2. The molecule has 3 aromatic rings. The molecular weight excluding hydrogens is 402 g/mol. The van der Waals surface area contributed by atoms with Crippen LogP contribution < -0.4 is 11.2 Å². The number of hydrogen-bond acceptors (Lipinski definition) is 7. The van der Waals surface area contributed by atoms with Gasteiger partial charge in [0, 0.05) is 27.6 Å². The van der Waals surface area contributed by atoms with Crippen molar-refractivity contribution in [1.29, 1.82) is 0 Å². The number of carbonyl (C=O) groups excluding carboxylic acids is 2. The quantitative estimate of drug-likeness (QED) is 0.487. The lowest BCUT2D eigenvalue weighted by molar-refractivity contribution is -0.141. The predicted molar refractivity (Wildman–Crippen MR) is 109 cm³/mol. The van der Waals surface area contributed by atoms with Crippen LogP contribution in [0.3, 0.4) is 0 Å². The molecule has 0 aliphatic rings. The minimum absolute atomic E-state index is 0.206. The molecule has 144 valence electrons. The Kier molecular flexibility index (Phi) is 5.79. The summed E-state index contributed by atoms with van der Waals surface area (Å²) in [5.41, 5.74) is 6.11. The fourth-order valence-corrected chi connectivity index (χ4v) is 4.02. The van der Waals surface area contributed by atoms with E-state index in [1.54, 1.807) is 6.07 Å². The van der Waals surface area contributed by atoms with Gasteiger partial charge in [0.15, 0.2) is 10.8 Å². The van der Waals surface area contributed by atoms with Crippen molar-refractivity contribution >= 4 is 44.8 Å². The third kappa shape index (κ3) is 3.91. The van der Waals surface area contributed by atoms with Crippen LogP contribution in [0.4, 0.5) is 0 Å². The zero-order valence-electron chi connectivity index (χ0n) is 14.8. The second-order valence-corrected chi connectivity index (χ2v) is 7.52. The molecule has 0 spiro atoms. The van der Waals surface area contributed by atoms with E-state index < -0.39 is 33.8 Å². The fraction of sp³-hybridized carbons (Fsp3) is 0.150. The van der Waals surface area contributed by atoms with Crippen molar-refractivity contribution in [1.82, 2.24) is 0 Å². The summed E-state index contributed by atoms with van der Waals surface area (Å²) in [5, 5.41) is 10.5. The van der Waals surface area contributed by atoms with E-state index in [4.69, 9.17) is 22.1 Å². The van der Waals surface area contributed by atoms with E-state index in [2.05, 4.69) is 0 Å². The van der Waals surface area contributed by atoms with Crippen LogP contribution in [0.2, 0.25) is 5.02 Å². The van der Waals surface area contributed by atoms with Crippen LogP contribution in [0.5, 0.6) is 5.06 Å². The van der Waals surface area contributed by atoms with E-state index in [0.717, 1.165) is 16.9 Å². The van der Waals surface area contributed by atoms with E-state index in [9.17, 15) is 19.5 Å². The molecule has 0 amide bonds. The summed E-state index contributed by atoms with van der Waals surface area (Å²) < 4.78 is 5.23. The molecule has 0 aliphatic carbocycles. The Balaban J connectivity index is 2.17. The Hall–Kier alpha value is -2.74. The van der Waals surface area contributed by atoms with E-state index >= 15 is 0 Å². The van der Waals surface area contributed by atoms with Gasteiger partial charge in [-0.25, -0.2) is 0 Å². The van der Waals surface area contributed by atoms with Crippen molar-refractivity contribution in [3.8, 4) is 16.2 Å². The average molecular weight is 418 g/mol. The molecule has 6 nitrogen and oxygen atoms in total. The van der Waals surface area contributed by atoms with Gasteiger partial charge in [0.05, 0.1) is 0 Å². The fourth-order valence-electron chi connectivity index (χ4n) is 2.77. The van der Waals surface area contributed by atoms with Gasteiger partial charge in [-0.1, -0.05) is 53.3 Å². The monoisotopic (exact) mass is 417 g/mol. The number of ketones is 1. The highest BCUT2D eigenvalue weighted by atomic mass is 35.5. The zero-order chi connectivity index (χ0) is 20.4. The molecule has 0 saturated heterocycles. The van der Waals surface area contributed by atoms with E-state index in [0.29, 0.717) is 15.3 Å². The minimum Gasteiger partial charge on any atom is -0.499 e. The number of nitrogens with two attached hydrogens (primary N) is 1. The molecule has 1 heterocycles. The van der Waals surface area contributed by atoms with Gasteiger partial charge in [0.2, 0.25) is 5.43 Å². The number of hydrogen-bond donors (Lipinski definition) is 2. The summed E-state index contributed by atoms with van der Waals surface area (Å²) in [6.45, 7) is 0.791. The van der Waals surface area contributed by atoms with Gasteiger partial charge in [0.1, 0.15) is 18.2 Å². The van der Waals surface area contributed by atoms with Gasteiger partial charge in [-0.2, -0.15) is 0 Å². The molecule has 0 aliphatic heterocycles. The molecule has 3 rings (SSSR count). The van der Waals surface area contributed by atoms with Gasteiger partial charge in [0.25, 0.3) is 0 Å². The van der Waals surface area contributed by atoms with Crippen LogP contribution in [-0.2, 0) is 9.53 Å². The van der Waals surface area contributed by atoms with E-state index in [1.807, 2.05) is 30.3 Å². The normalized spacial score (nSPS) is 12.0. The number of fused-ring (bicyclic) bond motifs is 1. The first-order valence-electron chi connectivity index (χ1n) is 8.27. The van der Waals surface area contributed by atoms with Crippen LogP contribution in [0.15, 0.2) is 47.3 Å². The van der Waals surface area contributed by atoms with Crippen molar-refractivity contribution in [2.75, 3.05) is 6.61 Å². The maximum absolute atomic E-state index is 13.0. The smallest absolute Gasteiger partial charge is 0.302 e. The maximum atomic E-state index is 13.0.